The molecule has 2 aromatic rings. The maximum absolute atomic E-state index is 5.82. The lowest BCUT2D eigenvalue weighted by molar-refractivity contribution is -0.732. The Morgan fingerprint density at radius 1 is 0.559 bits per heavy atom. The monoisotopic (exact) mass is 518 g/mol. The van der Waals surface area contributed by atoms with Crippen LogP contribution in [0, 0.1) is 0 Å². The number of hydrogen-bond donors (Lipinski definition) is 0. The van der Waals surface area contributed by atoms with E-state index in [1.54, 1.807) is 0 Å². The van der Waals surface area contributed by atoms with Crippen LogP contribution in [0.3, 0.4) is 0 Å². The predicted molar refractivity (Wildman–Crippen MR) is 128 cm³/mol. The molecular formula is C26H48Cl2N4O2. The van der Waals surface area contributed by atoms with Crippen LogP contribution in [0.4, 0.5) is 0 Å². The third kappa shape index (κ3) is 15.8. The average Bonchev–Trinajstić information content (AvgIpc) is 3.45. The van der Waals surface area contributed by atoms with Gasteiger partial charge < -0.3 is 34.3 Å². The summed E-state index contributed by atoms with van der Waals surface area (Å²) in [6, 6.07) is 0. The number of nitrogens with zero attached hydrogens (tertiary/aromatic N) is 4. The Morgan fingerprint density at radius 3 is 1.38 bits per heavy atom. The summed E-state index contributed by atoms with van der Waals surface area (Å²) in [5.41, 5.74) is 0. The minimum Gasteiger partial charge on any atom is -1.00 e. The van der Waals surface area contributed by atoms with Crippen molar-refractivity contribution in [3.8, 4) is 0 Å². The van der Waals surface area contributed by atoms with Gasteiger partial charge in [0.1, 0.15) is 24.8 Å². The topological polar surface area (TPSA) is 36.1 Å². The zero-order valence-corrected chi connectivity index (χ0v) is 23.1. The molecule has 0 spiro atoms. The highest BCUT2D eigenvalue weighted by molar-refractivity contribution is 4.66. The fraction of sp³-hybridized carbons (Fsp3) is 0.769. The quantitative estimate of drug-likeness (QED) is 0.161. The summed E-state index contributed by atoms with van der Waals surface area (Å²) in [6.45, 7) is 9.69. The highest BCUT2D eigenvalue weighted by Crippen LogP contribution is 2.03. The number of rotatable bonds is 21. The van der Waals surface area contributed by atoms with Gasteiger partial charge in [0, 0.05) is 0 Å². The van der Waals surface area contributed by atoms with E-state index < -0.39 is 0 Å². The molecule has 0 aliphatic heterocycles. The minimum absolute atomic E-state index is 0. The molecule has 6 nitrogen and oxygen atoms in total. The molecule has 0 aromatic carbocycles. The Morgan fingerprint density at radius 2 is 0.971 bits per heavy atom. The van der Waals surface area contributed by atoms with Gasteiger partial charge >= 0.3 is 0 Å². The molecule has 34 heavy (non-hydrogen) atoms. The number of halogens is 2. The number of ether oxygens (including phenoxy) is 2. The highest BCUT2D eigenvalue weighted by atomic mass is 35.5. The first-order chi connectivity index (χ1) is 15.8. The zero-order valence-electron chi connectivity index (χ0n) is 21.6. The van der Waals surface area contributed by atoms with Crippen LogP contribution in [0.2, 0.25) is 0 Å². The molecule has 0 N–H and O–H groups in total. The molecule has 0 unspecified atom stereocenters. The summed E-state index contributed by atoms with van der Waals surface area (Å²) in [6.07, 6.45) is 27.9. The number of aromatic nitrogens is 4. The Balaban J connectivity index is 0.00000544. The summed E-state index contributed by atoms with van der Waals surface area (Å²) in [7, 11) is 0. The van der Waals surface area contributed by atoms with Crippen molar-refractivity contribution >= 4 is 0 Å². The molecule has 2 rings (SSSR count). The first-order valence-corrected chi connectivity index (χ1v) is 13.1. The Kier molecular flexibility index (Phi) is 21.7. The number of hydrogen-bond acceptors (Lipinski definition) is 2. The maximum Gasteiger partial charge on any atom is 0.245 e. The normalized spacial score (nSPS) is 10.8. The van der Waals surface area contributed by atoms with Gasteiger partial charge in [0.05, 0.1) is 26.3 Å². The van der Waals surface area contributed by atoms with Gasteiger partial charge in [-0.3, -0.25) is 0 Å². The predicted octanol–water partition coefficient (Wildman–Crippen LogP) is -0.758. The van der Waals surface area contributed by atoms with Gasteiger partial charge in [-0.2, -0.15) is 0 Å². The number of imidazole rings is 2. The largest absolute Gasteiger partial charge is 1.00 e. The molecule has 0 fully saturated rings. The van der Waals surface area contributed by atoms with E-state index in [4.69, 9.17) is 9.47 Å². The molecule has 0 radical (unpaired) electrons. The van der Waals surface area contributed by atoms with E-state index in [1.165, 1.54) is 64.2 Å². The second-order valence-corrected chi connectivity index (χ2v) is 8.94. The van der Waals surface area contributed by atoms with Crippen molar-refractivity contribution in [2.45, 2.75) is 117 Å². The SMILES string of the molecule is CCCCCCn1cc[n+](COCCCCCCOC[n+]2ccn(CCCCCC)c2)c1.[Cl-].[Cl-]. The summed E-state index contributed by atoms with van der Waals surface area (Å²) >= 11 is 0. The summed E-state index contributed by atoms with van der Waals surface area (Å²) in [5.74, 6) is 0. The van der Waals surface area contributed by atoms with Crippen molar-refractivity contribution in [1.29, 1.82) is 0 Å². The van der Waals surface area contributed by atoms with Crippen LogP contribution >= 0.6 is 0 Å². The first-order valence-electron chi connectivity index (χ1n) is 13.1. The van der Waals surface area contributed by atoms with Crippen LogP contribution < -0.4 is 33.9 Å². The van der Waals surface area contributed by atoms with Crippen LogP contribution in [-0.4, -0.2) is 22.3 Å². The van der Waals surface area contributed by atoms with Gasteiger partial charge in [-0.1, -0.05) is 52.4 Å². The van der Waals surface area contributed by atoms with Crippen molar-refractivity contribution in [1.82, 2.24) is 9.13 Å². The summed E-state index contributed by atoms with van der Waals surface area (Å²) in [4.78, 5) is 0. The average molecular weight is 520 g/mol. The number of unbranched alkanes of at least 4 members (excludes halogenated alkanes) is 9. The molecule has 0 amide bonds. The molecule has 2 heterocycles. The van der Waals surface area contributed by atoms with Crippen LogP contribution in [0.1, 0.15) is 90.9 Å². The summed E-state index contributed by atoms with van der Waals surface area (Å²) < 4.78 is 20.4. The molecule has 8 heteroatoms. The Hall–Kier alpha value is -1.08. The number of aryl methyl sites for hydroxylation is 2. The molecular weight excluding hydrogens is 471 g/mol. The van der Waals surface area contributed by atoms with Crippen LogP contribution in [0.5, 0.6) is 0 Å². The third-order valence-corrected chi connectivity index (χ3v) is 5.84. The standard InChI is InChI=1S/C26H48N4O2.2ClH/c1-3-5-7-11-15-27-17-19-29(23-27)25-31-21-13-9-10-14-22-32-26-30-20-18-28(24-30)16-12-8-6-4-2;;/h17-20,23-24H,3-16,21-22,25-26H2,1-2H3;2*1H/q+2;;/p-2. The van der Waals surface area contributed by atoms with Crippen molar-refractivity contribution in [2.75, 3.05) is 13.2 Å². The zero-order chi connectivity index (χ0) is 22.7. The summed E-state index contributed by atoms with van der Waals surface area (Å²) in [5, 5.41) is 0. The Bertz CT molecular complexity index is 636. The highest BCUT2D eigenvalue weighted by Gasteiger charge is 2.04. The molecule has 0 saturated carbocycles. The van der Waals surface area contributed by atoms with Gasteiger partial charge in [0.2, 0.25) is 12.7 Å². The van der Waals surface area contributed by atoms with Gasteiger partial charge in [0.25, 0.3) is 0 Å². The van der Waals surface area contributed by atoms with Crippen molar-refractivity contribution in [3.05, 3.63) is 37.4 Å². The molecule has 0 atom stereocenters. The van der Waals surface area contributed by atoms with E-state index in [0.29, 0.717) is 13.5 Å². The van der Waals surface area contributed by atoms with E-state index in [2.05, 4.69) is 69.6 Å². The van der Waals surface area contributed by atoms with E-state index >= 15 is 0 Å². The lowest BCUT2D eigenvalue weighted by Gasteiger charge is -2.03. The second-order valence-electron chi connectivity index (χ2n) is 8.94. The third-order valence-electron chi connectivity index (χ3n) is 5.84. The van der Waals surface area contributed by atoms with Crippen LogP contribution in [0.25, 0.3) is 0 Å². The van der Waals surface area contributed by atoms with Crippen molar-refractivity contribution in [3.63, 3.8) is 0 Å². The lowest BCUT2D eigenvalue weighted by Crippen LogP contribution is -3.00. The van der Waals surface area contributed by atoms with Gasteiger partial charge in [-0.05, 0) is 38.5 Å². The molecule has 198 valence electrons. The van der Waals surface area contributed by atoms with E-state index in [-0.39, 0.29) is 24.8 Å². The van der Waals surface area contributed by atoms with Gasteiger partial charge in [0.15, 0.2) is 13.5 Å². The van der Waals surface area contributed by atoms with Crippen LogP contribution in [0.15, 0.2) is 37.4 Å². The van der Waals surface area contributed by atoms with Crippen molar-refractivity contribution in [2.24, 2.45) is 0 Å². The lowest BCUT2D eigenvalue weighted by atomic mass is 10.2. The molecule has 0 bridgehead atoms. The molecule has 0 saturated heterocycles. The van der Waals surface area contributed by atoms with E-state index in [9.17, 15) is 0 Å². The van der Waals surface area contributed by atoms with E-state index in [1.807, 2.05) is 0 Å². The first kappa shape index (κ1) is 32.9. The Labute approximate surface area is 220 Å². The van der Waals surface area contributed by atoms with Crippen LogP contribution in [-0.2, 0) is 36.0 Å². The second kappa shape index (κ2) is 22.4. The van der Waals surface area contributed by atoms with Crippen molar-refractivity contribution < 1.29 is 43.4 Å². The molecule has 0 aliphatic rings. The molecule has 0 aliphatic carbocycles. The molecule has 2 aromatic heterocycles. The minimum atomic E-state index is 0. The maximum atomic E-state index is 5.82. The van der Waals surface area contributed by atoms with Gasteiger partial charge in [-0.15, -0.1) is 0 Å². The van der Waals surface area contributed by atoms with Gasteiger partial charge in [-0.25, -0.2) is 18.3 Å². The smallest absolute Gasteiger partial charge is 0.245 e. The van der Waals surface area contributed by atoms with E-state index in [0.717, 1.165) is 39.1 Å². The fourth-order valence-corrected chi connectivity index (χ4v) is 3.84. The fourth-order valence-electron chi connectivity index (χ4n) is 3.84.